The third-order valence-electron chi connectivity index (χ3n) is 15.0. The standard InChI is InChI=1S/C52H76N2O12/c1-10-36-23-30(3)22-31(4)24-45(62-8)48-46(63-9)26-33(6)52(61,66-48)49(58)50(59)54-20-13-12-14-40(54)51(60)65-47(34(7)42(56)29-43(36)57)32(5)25-35-15-18-41(55)44(27-35)64-38-16-17-39-37(28-38)19-21-53(39)11-2/h16-17,19,21,23,25,28,31,33-36,40-42,44-48,55-56,61H,10-15,18,20,22,24,26-27,29H2,1-9H3. The first-order valence-electron chi connectivity index (χ1n) is 24.4. The normalized spacial score (nSPS) is 36.3. The Kier molecular flexibility index (Phi) is 17.5. The lowest BCUT2D eigenvalue weighted by Crippen LogP contribution is -2.64. The van der Waals surface area contributed by atoms with Gasteiger partial charge in [-0.15, -0.1) is 0 Å². The van der Waals surface area contributed by atoms with Crippen molar-refractivity contribution in [3.05, 3.63) is 53.8 Å². The van der Waals surface area contributed by atoms with Gasteiger partial charge >= 0.3 is 5.97 Å². The average Bonchev–Trinajstić information content (AvgIpc) is 3.72. The lowest BCUT2D eigenvalue weighted by atomic mass is 9.81. The molecular weight excluding hydrogens is 845 g/mol. The molecule has 1 amide bonds. The van der Waals surface area contributed by atoms with Crippen molar-refractivity contribution < 1.29 is 58.2 Å². The number of cyclic esters (lactones) is 1. The number of hydrogen-bond acceptors (Lipinski definition) is 12. The number of ether oxygens (including phenoxy) is 5. The highest BCUT2D eigenvalue weighted by atomic mass is 16.7. The van der Waals surface area contributed by atoms with Crippen molar-refractivity contribution in [1.29, 1.82) is 0 Å². The number of amides is 1. The van der Waals surface area contributed by atoms with Crippen LogP contribution >= 0.6 is 0 Å². The summed E-state index contributed by atoms with van der Waals surface area (Å²) < 4.78 is 33.0. The van der Waals surface area contributed by atoms with Gasteiger partial charge in [0.2, 0.25) is 5.79 Å². The Labute approximate surface area is 391 Å². The Morgan fingerprint density at radius 1 is 0.909 bits per heavy atom. The summed E-state index contributed by atoms with van der Waals surface area (Å²) in [5.74, 6) is -7.05. The van der Waals surface area contributed by atoms with Gasteiger partial charge in [0.25, 0.3) is 11.7 Å². The van der Waals surface area contributed by atoms with Crippen molar-refractivity contribution in [2.45, 2.75) is 180 Å². The van der Waals surface area contributed by atoms with E-state index in [4.69, 9.17) is 23.7 Å². The molecule has 2 bridgehead atoms. The van der Waals surface area contributed by atoms with Gasteiger partial charge in [-0.05, 0) is 127 Å². The molecule has 3 aliphatic heterocycles. The summed E-state index contributed by atoms with van der Waals surface area (Å²) in [5.41, 5.74) is 2.74. The molecule has 4 aliphatic rings. The number of Topliss-reactive ketones (excluding diaryl/α,β-unsaturated/α-hetero) is 2. The van der Waals surface area contributed by atoms with Crippen LogP contribution in [0.3, 0.4) is 0 Å². The fourth-order valence-corrected chi connectivity index (χ4v) is 11.0. The summed E-state index contributed by atoms with van der Waals surface area (Å²) in [4.78, 5) is 58.5. The van der Waals surface area contributed by atoms with Crippen molar-refractivity contribution in [1.82, 2.24) is 9.47 Å². The van der Waals surface area contributed by atoms with E-state index in [0.29, 0.717) is 62.7 Å². The Hall–Kier alpha value is -3.92. The predicted molar refractivity (Wildman–Crippen MR) is 249 cm³/mol. The highest BCUT2D eigenvalue weighted by Gasteiger charge is 2.56. The Balaban J connectivity index is 1.32. The first-order valence-corrected chi connectivity index (χ1v) is 24.4. The molecule has 3 N–H and O–H groups in total. The topological polar surface area (TPSA) is 183 Å². The maximum atomic E-state index is 14.5. The minimum Gasteiger partial charge on any atom is -0.488 e. The van der Waals surface area contributed by atoms with Crippen molar-refractivity contribution in [2.75, 3.05) is 20.8 Å². The molecule has 14 nitrogen and oxygen atoms in total. The van der Waals surface area contributed by atoms with E-state index in [1.54, 1.807) is 13.8 Å². The fraction of sp³-hybridized carbons (Fsp3) is 0.692. The molecule has 2 saturated heterocycles. The molecule has 3 fully saturated rings. The van der Waals surface area contributed by atoms with Crippen LogP contribution in [0.2, 0.25) is 0 Å². The van der Waals surface area contributed by atoms with Gasteiger partial charge in [-0.1, -0.05) is 45.4 Å². The number of aliphatic hydroxyl groups is 3. The maximum Gasteiger partial charge on any atom is 0.329 e. The number of fused-ring (bicyclic) bond motifs is 4. The number of carbonyl (C=O) groups excluding carboxylic acids is 4. The number of aromatic nitrogens is 1. The van der Waals surface area contributed by atoms with Crippen LogP contribution in [-0.2, 0) is 44.7 Å². The molecule has 6 rings (SSSR count). The number of nitrogens with zero attached hydrogens (tertiary/aromatic N) is 2. The minimum atomic E-state index is -2.52. The van der Waals surface area contributed by atoms with E-state index in [9.17, 15) is 34.5 Å². The van der Waals surface area contributed by atoms with Crippen LogP contribution in [0.15, 0.2) is 53.8 Å². The lowest BCUT2D eigenvalue weighted by molar-refractivity contribution is -0.302. The van der Waals surface area contributed by atoms with E-state index in [0.717, 1.165) is 23.0 Å². The number of allylic oxidation sites excluding steroid dienone is 3. The fourth-order valence-electron chi connectivity index (χ4n) is 11.0. The van der Waals surface area contributed by atoms with E-state index < -0.39 is 90.0 Å². The van der Waals surface area contributed by atoms with Crippen molar-refractivity contribution in [2.24, 2.45) is 29.6 Å². The molecule has 4 heterocycles. The van der Waals surface area contributed by atoms with Gasteiger partial charge in [0, 0.05) is 68.6 Å². The van der Waals surface area contributed by atoms with Gasteiger partial charge in [-0.3, -0.25) is 14.4 Å². The van der Waals surface area contributed by atoms with Crippen LogP contribution in [0.1, 0.15) is 119 Å². The Morgan fingerprint density at radius 2 is 1.64 bits per heavy atom. The molecule has 0 spiro atoms. The third-order valence-corrected chi connectivity index (χ3v) is 15.0. The predicted octanol–water partition coefficient (Wildman–Crippen LogP) is 6.88. The number of carbonyl (C=O) groups is 4. The molecule has 366 valence electrons. The number of aliphatic hydroxyl groups excluding tert-OH is 2. The van der Waals surface area contributed by atoms with Crippen LogP contribution in [0, 0.1) is 29.6 Å². The smallest absolute Gasteiger partial charge is 0.329 e. The molecule has 14 heteroatoms. The molecule has 14 atom stereocenters. The van der Waals surface area contributed by atoms with Crippen molar-refractivity contribution in [3.63, 3.8) is 0 Å². The molecule has 1 aliphatic carbocycles. The quantitative estimate of drug-likeness (QED) is 0.142. The third kappa shape index (κ3) is 11.5. The summed E-state index contributed by atoms with van der Waals surface area (Å²) in [6.07, 6.45) is 5.15. The summed E-state index contributed by atoms with van der Waals surface area (Å²) in [6.45, 7) is 14.2. The summed E-state index contributed by atoms with van der Waals surface area (Å²) in [7, 11) is 3.07. The van der Waals surface area contributed by atoms with Crippen molar-refractivity contribution in [3.8, 4) is 5.75 Å². The van der Waals surface area contributed by atoms with Gasteiger partial charge in [0.15, 0.2) is 0 Å². The van der Waals surface area contributed by atoms with Gasteiger partial charge in [0.05, 0.1) is 24.4 Å². The molecular formula is C52H76N2O12. The second-order valence-corrected chi connectivity index (χ2v) is 19.9. The molecule has 66 heavy (non-hydrogen) atoms. The van der Waals surface area contributed by atoms with E-state index in [1.807, 2.05) is 63.4 Å². The number of piperidine rings is 1. The number of esters is 1. The van der Waals surface area contributed by atoms with Gasteiger partial charge in [-0.2, -0.15) is 0 Å². The van der Waals surface area contributed by atoms with Gasteiger partial charge < -0.3 is 48.5 Å². The van der Waals surface area contributed by atoms with E-state index in [1.165, 1.54) is 19.1 Å². The first kappa shape index (κ1) is 51.5. The van der Waals surface area contributed by atoms with Crippen LogP contribution in [-0.4, -0.2) is 124 Å². The molecule has 0 radical (unpaired) electrons. The monoisotopic (exact) mass is 921 g/mol. The highest BCUT2D eigenvalue weighted by molar-refractivity contribution is 6.39. The first-order chi connectivity index (χ1) is 31.4. The van der Waals surface area contributed by atoms with Crippen LogP contribution in [0.5, 0.6) is 5.75 Å². The number of ketones is 2. The Morgan fingerprint density at radius 3 is 2.33 bits per heavy atom. The molecule has 1 saturated carbocycles. The van der Waals surface area contributed by atoms with E-state index >= 15 is 0 Å². The van der Waals surface area contributed by atoms with E-state index in [-0.39, 0.29) is 43.4 Å². The Bertz CT molecular complexity index is 2080. The highest BCUT2D eigenvalue weighted by Crippen LogP contribution is 2.40. The minimum absolute atomic E-state index is 0.0231. The zero-order valence-electron chi connectivity index (χ0n) is 40.6. The SMILES string of the molecule is CCC1C=C(C)CC(C)CC(OC)C2OC(O)(C(=O)C(=O)N3CCCCC3C(=O)OC(C(C)=CC3CCC(O)C(Oc4ccc5c(ccn5CC)c4)C3)C(C)C(O)CC1=O)C(C)CC2OC. The molecule has 2 aromatic rings. The van der Waals surface area contributed by atoms with Crippen LogP contribution in [0.25, 0.3) is 10.9 Å². The molecule has 1 aromatic heterocycles. The summed E-state index contributed by atoms with van der Waals surface area (Å²) in [6, 6.07) is 6.81. The number of aryl methyl sites for hydroxylation is 1. The second kappa shape index (κ2) is 22.5. The lowest BCUT2D eigenvalue weighted by Gasteiger charge is -2.47. The molecule has 1 aromatic carbocycles. The summed E-state index contributed by atoms with van der Waals surface area (Å²) in [5, 5.41) is 36.2. The summed E-state index contributed by atoms with van der Waals surface area (Å²) >= 11 is 0. The number of benzene rings is 1. The largest absolute Gasteiger partial charge is 0.488 e. The van der Waals surface area contributed by atoms with E-state index in [2.05, 4.69) is 18.4 Å². The number of rotatable bonds is 8. The average molecular weight is 921 g/mol. The second-order valence-electron chi connectivity index (χ2n) is 19.9. The number of methoxy groups -OCH3 is 2. The zero-order valence-corrected chi connectivity index (χ0v) is 40.6. The number of hydrogen-bond donors (Lipinski definition) is 3. The van der Waals surface area contributed by atoms with Gasteiger partial charge in [0.1, 0.15) is 35.9 Å². The zero-order chi connectivity index (χ0) is 48.0. The molecule has 14 unspecified atom stereocenters. The van der Waals surface area contributed by atoms with Crippen LogP contribution in [0.4, 0.5) is 0 Å². The van der Waals surface area contributed by atoms with Crippen LogP contribution < -0.4 is 4.74 Å². The maximum absolute atomic E-state index is 14.5. The van der Waals surface area contributed by atoms with Gasteiger partial charge in [-0.25, -0.2) is 4.79 Å². The van der Waals surface area contributed by atoms with Crippen molar-refractivity contribution >= 4 is 34.3 Å².